The van der Waals surface area contributed by atoms with Gasteiger partial charge >= 0.3 is 0 Å². The van der Waals surface area contributed by atoms with Crippen LogP contribution in [-0.2, 0) is 0 Å². The van der Waals surface area contributed by atoms with Crippen molar-refractivity contribution in [3.63, 3.8) is 0 Å². The third kappa shape index (κ3) is 2.19. The van der Waals surface area contributed by atoms with E-state index in [1.54, 1.807) is 22.8 Å². The van der Waals surface area contributed by atoms with E-state index in [4.69, 9.17) is 34.2 Å². The van der Waals surface area contributed by atoms with Crippen LogP contribution in [0.1, 0.15) is 5.56 Å². The molecule has 21 heavy (non-hydrogen) atoms. The molecule has 0 aliphatic heterocycles. The molecule has 3 rings (SSSR count). The van der Waals surface area contributed by atoms with E-state index in [0.29, 0.717) is 22.3 Å². The number of nitrogen functional groups attached to an aromatic ring is 1. The predicted octanol–water partition coefficient (Wildman–Crippen LogP) is 3.93. The lowest BCUT2D eigenvalue weighted by Gasteiger charge is -2.08. The summed E-state index contributed by atoms with van der Waals surface area (Å²) >= 11 is 11.6. The van der Waals surface area contributed by atoms with Gasteiger partial charge in [-0.1, -0.05) is 23.2 Å². The molecule has 0 saturated heterocycles. The van der Waals surface area contributed by atoms with Gasteiger partial charge in [-0.3, -0.25) is 4.57 Å². The highest BCUT2D eigenvalue weighted by Crippen LogP contribution is 2.30. The molecule has 7 heteroatoms. The Bertz CT molecular complexity index is 888. The van der Waals surface area contributed by atoms with Crippen LogP contribution in [0.4, 0.5) is 10.3 Å². The molecule has 2 N–H and O–H groups in total. The van der Waals surface area contributed by atoms with Gasteiger partial charge in [0.25, 0.3) is 0 Å². The second-order valence-corrected chi connectivity index (χ2v) is 5.16. The predicted molar refractivity (Wildman–Crippen MR) is 80.2 cm³/mol. The summed E-state index contributed by atoms with van der Waals surface area (Å²) in [5.74, 6) is -0.498. The first-order valence-corrected chi connectivity index (χ1v) is 6.60. The summed E-state index contributed by atoms with van der Waals surface area (Å²) in [5, 5.41) is 8.76. The van der Waals surface area contributed by atoms with E-state index < -0.39 is 5.82 Å². The number of hydrogen-bond acceptors (Lipinski definition) is 3. The summed E-state index contributed by atoms with van der Waals surface area (Å²) in [4.78, 5) is 4.20. The van der Waals surface area contributed by atoms with Gasteiger partial charge in [-0.05, 0) is 30.3 Å². The smallest absolute Gasteiger partial charge is 0.205 e. The normalized spacial score (nSPS) is 10.8. The standard InChI is InChI=1S/C14H7Cl2FN4/c15-9-4-8(5-10(16)13(9)17)21-12-3-7(6-18)1-2-11(12)20-14(21)19/h1-5H,(H2,19,20). The van der Waals surface area contributed by atoms with Crippen LogP contribution in [0.5, 0.6) is 0 Å². The average molecular weight is 321 g/mol. The molecular formula is C14H7Cl2FN4. The molecule has 1 heterocycles. The average Bonchev–Trinajstić information content (AvgIpc) is 2.79. The summed E-state index contributed by atoms with van der Waals surface area (Å²) in [6.07, 6.45) is 0. The lowest BCUT2D eigenvalue weighted by molar-refractivity contribution is 0.628. The van der Waals surface area contributed by atoms with Gasteiger partial charge in [0.1, 0.15) is 0 Å². The van der Waals surface area contributed by atoms with Crippen molar-refractivity contribution in [1.82, 2.24) is 9.55 Å². The lowest BCUT2D eigenvalue weighted by atomic mass is 10.2. The zero-order valence-electron chi connectivity index (χ0n) is 10.4. The minimum atomic E-state index is -0.692. The third-order valence-corrected chi connectivity index (χ3v) is 3.59. The first kappa shape index (κ1) is 13.7. The van der Waals surface area contributed by atoms with Crippen molar-refractivity contribution in [3.05, 3.63) is 51.8 Å². The molecule has 0 fully saturated rings. The Morgan fingerprint density at radius 3 is 2.48 bits per heavy atom. The van der Waals surface area contributed by atoms with Crippen LogP contribution in [0, 0.1) is 17.1 Å². The van der Waals surface area contributed by atoms with E-state index >= 15 is 0 Å². The molecule has 0 bridgehead atoms. The Kier molecular flexibility index (Phi) is 3.20. The van der Waals surface area contributed by atoms with Crippen LogP contribution in [0.3, 0.4) is 0 Å². The fraction of sp³-hybridized carbons (Fsp3) is 0. The van der Waals surface area contributed by atoms with Crippen molar-refractivity contribution < 1.29 is 4.39 Å². The quantitative estimate of drug-likeness (QED) is 0.691. The summed E-state index contributed by atoms with van der Waals surface area (Å²) in [5.41, 5.74) is 8.07. The molecule has 0 unspecified atom stereocenters. The van der Waals surface area contributed by atoms with Gasteiger partial charge in [0.15, 0.2) is 5.82 Å². The van der Waals surface area contributed by atoms with Crippen molar-refractivity contribution >= 4 is 40.2 Å². The number of nitriles is 1. The highest BCUT2D eigenvalue weighted by atomic mass is 35.5. The fourth-order valence-corrected chi connectivity index (χ4v) is 2.58. The van der Waals surface area contributed by atoms with Crippen LogP contribution in [0.15, 0.2) is 30.3 Å². The molecular weight excluding hydrogens is 314 g/mol. The van der Waals surface area contributed by atoms with Gasteiger partial charge in [0.05, 0.1) is 38.4 Å². The maximum absolute atomic E-state index is 13.5. The van der Waals surface area contributed by atoms with E-state index in [-0.39, 0.29) is 16.0 Å². The molecule has 0 spiro atoms. The first-order valence-electron chi connectivity index (χ1n) is 5.84. The molecule has 104 valence electrons. The largest absolute Gasteiger partial charge is 0.369 e. The van der Waals surface area contributed by atoms with E-state index in [9.17, 15) is 4.39 Å². The highest BCUT2D eigenvalue weighted by molar-refractivity contribution is 6.35. The maximum atomic E-state index is 13.5. The number of aromatic nitrogens is 2. The summed E-state index contributed by atoms with van der Waals surface area (Å²) < 4.78 is 15.1. The number of nitrogens with two attached hydrogens (primary N) is 1. The molecule has 0 radical (unpaired) electrons. The monoisotopic (exact) mass is 320 g/mol. The number of rotatable bonds is 1. The summed E-state index contributed by atoms with van der Waals surface area (Å²) in [6, 6.07) is 9.82. The molecule has 3 aromatic rings. The minimum Gasteiger partial charge on any atom is -0.369 e. The van der Waals surface area contributed by atoms with Crippen molar-refractivity contribution in [2.75, 3.05) is 5.73 Å². The zero-order chi connectivity index (χ0) is 15.1. The first-order chi connectivity index (χ1) is 10.0. The zero-order valence-corrected chi connectivity index (χ0v) is 12.0. The maximum Gasteiger partial charge on any atom is 0.205 e. The number of nitrogens with zero attached hydrogens (tertiary/aromatic N) is 3. The Morgan fingerprint density at radius 2 is 1.86 bits per heavy atom. The van der Waals surface area contributed by atoms with Crippen LogP contribution >= 0.6 is 23.2 Å². The van der Waals surface area contributed by atoms with Gasteiger partial charge < -0.3 is 5.73 Å². The van der Waals surface area contributed by atoms with Gasteiger partial charge in [-0.2, -0.15) is 5.26 Å². The lowest BCUT2D eigenvalue weighted by Crippen LogP contribution is -2.01. The van der Waals surface area contributed by atoms with Crippen LogP contribution in [0.25, 0.3) is 16.7 Å². The van der Waals surface area contributed by atoms with Crippen molar-refractivity contribution in [2.24, 2.45) is 0 Å². The van der Waals surface area contributed by atoms with E-state index in [1.807, 2.05) is 6.07 Å². The fourth-order valence-electron chi connectivity index (χ4n) is 2.11. The van der Waals surface area contributed by atoms with Crippen LogP contribution in [0.2, 0.25) is 10.0 Å². The molecule has 0 saturated carbocycles. The summed E-state index contributed by atoms with van der Waals surface area (Å²) in [6.45, 7) is 0. The Morgan fingerprint density at radius 1 is 1.19 bits per heavy atom. The Balaban J connectivity index is 2.34. The topological polar surface area (TPSA) is 67.6 Å². The molecule has 0 aliphatic carbocycles. The van der Waals surface area contributed by atoms with Gasteiger partial charge in [0.2, 0.25) is 5.95 Å². The molecule has 2 aromatic carbocycles. The number of halogens is 3. The molecule has 0 aliphatic rings. The molecule has 0 atom stereocenters. The third-order valence-electron chi connectivity index (χ3n) is 3.04. The highest BCUT2D eigenvalue weighted by Gasteiger charge is 2.14. The van der Waals surface area contributed by atoms with Crippen molar-refractivity contribution in [1.29, 1.82) is 5.26 Å². The SMILES string of the molecule is N#Cc1ccc2nc(N)n(-c3cc(Cl)c(F)c(Cl)c3)c2c1. The second-order valence-electron chi connectivity index (χ2n) is 4.34. The molecule has 1 aromatic heterocycles. The van der Waals surface area contributed by atoms with Crippen molar-refractivity contribution in [3.8, 4) is 11.8 Å². The summed E-state index contributed by atoms with van der Waals surface area (Å²) in [7, 11) is 0. The van der Waals surface area contributed by atoms with Crippen LogP contribution < -0.4 is 5.73 Å². The van der Waals surface area contributed by atoms with E-state index in [2.05, 4.69) is 4.98 Å². The second kappa shape index (κ2) is 4.92. The van der Waals surface area contributed by atoms with E-state index in [1.165, 1.54) is 12.1 Å². The van der Waals surface area contributed by atoms with Gasteiger partial charge in [-0.15, -0.1) is 0 Å². The van der Waals surface area contributed by atoms with Gasteiger partial charge in [0, 0.05) is 0 Å². The number of imidazole rings is 1. The number of anilines is 1. The van der Waals surface area contributed by atoms with Crippen molar-refractivity contribution in [2.45, 2.75) is 0 Å². The Hall–Kier alpha value is -2.29. The number of hydrogen-bond donors (Lipinski definition) is 1. The van der Waals surface area contributed by atoms with Crippen LogP contribution in [-0.4, -0.2) is 9.55 Å². The minimum absolute atomic E-state index is 0.116. The Labute approximate surface area is 129 Å². The number of fused-ring (bicyclic) bond motifs is 1. The number of benzene rings is 2. The van der Waals surface area contributed by atoms with E-state index in [0.717, 1.165) is 0 Å². The molecule has 0 amide bonds. The van der Waals surface area contributed by atoms with Gasteiger partial charge in [-0.25, -0.2) is 9.37 Å². The molecule has 4 nitrogen and oxygen atoms in total.